The molecule has 0 aromatic heterocycles. The van der Waals surface area contributed by atoms with Gasteiger partial charge in [-0.25, -0.2) is 0 Å². The summed E-state index contributed by atoms with van der Waals surface area (Å²) in [6.07, 6.45) is 5.75. The van der Waals surface area contributed by atoms with Crippen LogP contribution in [0.2, 0.25) is 0 Å². The zero-order valence-corrected chi connectivity index (χ0v) is 13.7. The molecule has 3 heteroatoms. The van der Waals surface area contributed by atoms with Crippen LogP contribution in [0, 0.1) is 0 Å². The zero-order chi connectivity index (χ0) is 15.9. The number of unbranched alkanes of at least 4 members (excludes halogenated alkanes) is 1. The number of aryl methyl sites for hydroxylation is 1. The Balaban J connectivity index is 1.39. The molecule has 3 nitrogen and oxygen atoms in total. The quantitative estimate of drug-likeness (QED) is 0.697. The number of rotatable bonds is 7. The van der Waals surface area contributed by atoms with Crippen molar-refractivity contribution in [2.45, 2.75) is 38.2 Å². The zero-order valence-electron chi connectivity index (χ0n) is 13.7. The number of benzene rings is 2. The summed E-state index contributed by atoms with van der Waals surface area (Å²) in [5.74, 6) is 2.80. The van der Waals surface area contributed by atoms with Gasteiger partial charge in [0.25, 0.3) is 0 Å². The van der Waals surface area contributed by atoms with Crippen LogP contribution in [-0.2, 0) is 6.42 Å². The summed E-state index contributed by atoms with van der Waals surface area (Å²) >= 11 is 0. The molecule has 0 saturated carbocycles. The van der Waals surface area contributed by atoms with Gasteiger partial charge in [-0.05, 0) is 55.9 Å². The van der Waals surface area contributed by atoms with E-state index in [0.29, 0.717) is 6.10 Å². The van der Waals surface area contributed by atoms with Crippen molar-refractivity contribution in [1.82, 2.24) is 0 Å². The van der Waals surface area contributed by atoms with Gasteiger partial charge >= 0.3 is 0 Å². The van der Waals surface area contributed by atoms with Crippen LogP contribution in [-0.4, -0.2) is 19.8 Å². The summed E-state index contributed by atoms with van der Waals surface area (Å²) in [4.78, 5) is 0. The van der Waals surface area contributed by atoms with Crippen molar-refractivity contribution in [3.8, 4) is 17.2 Å². The number of methoxy groups -OCH3 is 1. The maximum atomic E-state index is 6.12. The van der Waals surface area contributed by atoms with E-state index in [1.54, 1.807) is 7.11 Å². The van der Waals surface area contributed by atoms with Gasteiger partial charge in [-0.1, -0.05) is 24.3 Å². The van der Waals surface area contributed by atoms with Crippen LogP contribution in [0.1, 0.15) is 31.2 Å². The molecule has 0 bridgehead atoms. The predicted molar refractivity (Wildman–Crippen MR) is 91.5 cm³/mol. The van der Waals surface area contributed by atoms with Crippen LogP contribution in [0.5, 0.6) is 17.2 Å². The Morgan fingerprint density at radius 2 is 1.91 bits per heavy atom. The Hall–Kier alpha value is -2.16. The first-order chi connectivity index (χ1) is 11.3. The lowest BCUT2D eigenvalue weighted by Gasteiger charge is -2.26. The van der Waals surface area contributed by atoms with Gasteiger partial charge in [0.1, 0.15) is 17.2 Å². The first-order valence-corrected chi connectivity index (χ1v) is 8.36. The lowest BCUT2D eigenvalue weighted by Crippen LogP contribution is -2.22. The van der Waals surface area contributed by atoms with Crippen molar-refractivity contribution < 1.29 is 14.2 Å². The van der Waals surface area contributed by atoms with E-state index in [2.05, 4.69) is 6.07 Å². The van der Waals surface area contributed by atoms with Gasteiger partial charge < -0.3 is 14.2 Å². The minimum Gasteiger partial charge on any atom is -0.497 e. The minimum absolute atomic E-state index is 0.311. The Morgan fingerprint density at radius 3 is 2.74 bits per heavy atom. The molecule has 0 aliphatic carbocycles. The summed E-state index contributed by atoms with van der Waals surface area (Å²) in [6, 6.07) is 16.1. The first kappa shape index (κ1) is 15.7. The molecule has 1 atom stereocenters. The maximum absolute atomic E-state index is 6.12. The molecule has 1 aliphatic rings. The highest BCUT2D eigenvalue weighted by atomic mass is 16.5. The van der Waals surface area contributed by atoms with E-state index in [0.717, 1.165) is 56.0 Å². The third-order valence-electron chi connectivity index (χ3n) is 4.24. The van der Waals surface area contributed by atoms with E-state index in [1.165, 1.54) is 5.56 Å². The second-order valence-electron chi connectivity index (χ2n) is 5.91. The van der Waals surface area contributed by atoms with Crippen molar-refractivity contribution in [1.29, 1.82) is 0 Å². The minimum atomic E-state index is 0.311. The van der Waals surface area contributed by atoms with Gasteiger partial charge in [-0.15, -0.1) is 0 Å². The van der Waals surface area contributed by atoms with E-state index in [-0.39, 0.29) is 0 Å². The SMILES string of the molecule is COc1ccc2c(c1)OC(CCCCOc1ccccc1)CC2. The molecule has 2 aromatic rings. The highest BCUT2D eigenvalue weighted by Gasteiger charge is 2.19. The highest BCUT2D eigenvalue weighted by molar-refractivity contribution is 5.42. The summed E-state index contributed by atoms with van der Waals surface area (Å²) in [6.45, 7) is 0.765. The van der Waals surface area contributed by atoms with Crippen molar-refractivity contribution >= 4 is 0 Å². The molecule has 122 valence electrons. The van der Waals surface area contributed by atoms with E-state index in [1.807, 2.05) is 42.5 Å². The molecule has 3 rings (SSSR count). The molecular weight excluding hydrogens is 288 g/mol. The van der Waals surface area contributed by atoms with Crippen molar-refractivity contribution in [2.24, 2.45) is 0 Å². The van der Waals surface area contributed by atoms with Crippen molar-refractivity contribution in [2.75, 3.05) is 13.7 Å². The molecule has 0 fully saturated rings. The van der Waals surface area contributed by atoms with E-state index < -0.39 is 0 Å². The van der Waals surface area contributed by atoms with Gasteiger partial charge in [-0.2, -0.15) is 0 Å². The Labute approximate surface area is 138 Å². The number of fused-ring (bicyclic) bond motifs is 1. The first-order valence-electron chi connectivity index (χ1n) is 8.36. The molecule has 2 aromatic carbocycles. The van der Waals surface area contributed by atoms with Gasteiger partial charge in [0.05, 0.1) is 19.8 Å². The Kier molecular flexibility index (Phi) is 5.41. The summed E-state index contributed by atoms with van der Waals surface area (Å²) in [5.41, 5.74) is 1.29. The fourth-order valence-corrected chi connectivity index (χ4v) is 2.92. The molecule has 1 aliphatic heterocycles. The smallest absolute Gasteiger partial charge is 0.126 e. The molecule has 0 amide bonds. The van der Waals surface area contributed by atoms with Crippen molar-refractivity contribution in [3.05, 3.63) is 54.1 Å². The summed E-state index contributed by atoms with van der Waals surface area (Å²) in [5, 5.41) is 0. The second kappa shape index (κ2) is 7.91. The van der Waals surface area contributed by atoms with Gasteiger partial charge in [0.2, 0.25) is 0 Å². The third-order valence-corrected chi connectivity index (χ3v) is 4.24. The van der Waals surface area contributed by atoms with Crippen LogP contribution in [0.25, 0.3) is 0 Å². The molecule has 0 spiro atoms. The number of hydrogen-bond acceptors (Lipinski definition) is 3. The molecule has 1 heterocycles. The maximum Gasteiger partial charge on any atom is 0.126 e. The lowest BCUT2D eigenvalue weighted by atomic mass is 9.99. The number of ether oxygens (including phenoxy) is 3. The second-order valence-corrected chi connectivity index (χ2v) is 5.91. The highest BCUT2D eigenvalue weighted by Crippen LogP contribution is 2.32. The van der Waals surface area contributed by atoms with Gasteiger partial charge in [0, 0.05) is 6.07 Å². The van der Waals surface area contributed by atoms with Crippen LogP contribution in [0.4, 0.5) is 0 Å². The van der Waals surface area contributed by atoms with E-state index in [4.69, 9.17) is 14.2 Å². The average Bonchev–Trinajstić information content (AvgIpc) is 2.61. The van der Waals surface area contributed by atoms with Crippen LogP contribution >= 0.6 is 0 Å². The van der Waals surface area contributed by atoms with Crippen LogP contribution in [0.15, 0.2) is 48.5 Å². The molecule has 0 radical (unpaired) electrons. The fourth-order valence-electron chi connectivity index (χ4n) is 2.92. The van der Waals surface area contributed by atoms with Crippen LogP contribution < -0.4 is 14.2 Å². The molecular formula is C20H24O3. The van der Waals surface area contributed by atoms with E-state index in [9.17, 15) is 0 Å². The third kappa shape index (κ3) is 4.41. The standard InChI is InChI=1S/C20H24O3/c1-21-19-13-11-16-10-12-18(23-20(16)15-19)9-5-6-14-22-17-7-3-2-4-8-17/h2-4,7-8,11,13,15,18H,5-6,9-10,12,14H2,1H3. The molecule has 23 heavy (non-hydrogen) atoms. The average molecular weight is 312 g/mol. The Bertz CT molecular complexity index is 610. The number of hydrogen-bond donors (Lipinski definition) is 0. The predicted octanol–water partition coefficient (Wildman–Crippen LogP) is 4.64. The Morgan fingerprint density at radius 1 is 1.04 bits per heavy atom. The summed E-state index contributed by atoms with van der Waals surface area (Å²) < 4.78 is 17.1. The van der Waals surface area contributed by atoms with Gasteiger partial charge in [0.15, 0.2) is 0 Å². The van der Waals surface area contributed by atoms with Crippen LogP contribution in [0.3, 0.4) is 0 Å². The molecule has 0 saturated heterocycles. The molecule has 0 N–H and O–H groups in total. The number of para-hydroxylation sites is 1. The lowest BCUT2D eigenvalue weighted by molar-refractivity contribution is 0.157. The monoisotopic (exact) mass is 312 g/mol. The topological polar surface area (TPSA) is 27.7 Å². The summed E-state index contributed by atoms with van der Waals surface area (Å²) in [7, 11) is 1.69. The van der Waals surface area contributed by atoms with Crippen molar-refractivity contribution in [3.63, 3.8) is 0 Å². The van der Waals surface area contributed by atoms with Gasteiger partial charge in [-0.3, -0.25) is 0 Å². The van der Waals surface area contributed by atoms with E-state index >= 15 is 0 Å². The largest absolute Gasteiger partial charge is 0.497 e. The normalized spacial score (nSPS) is 16.3. The molecule has 1 unspecified atom stereocenters. The fraction of sp³-hybridized carbons (Fsp3) is 0.400.